The van der Waals surface area contributed by atoms with Crippen LogP contribution in [0.5, 0.6) is 0 Å². The Morgan fingerprint density at radius 3 is 0.750 bits per heavy atom. The molecule has 32 valence electrons. The van der Waals surface area contributed by atoms with E-state index in [1.807, 2.05) is 0 Å². The zero-order valence-electron chi connectivity index (χ0n) is 0.724. The summed E-state index contributed by atoms with van der Waals surface area (Å²) in [5, 5.41) is 0. The van der Waals surface area contributed by atoms with E-state index in [2.05, 4.69) is 0 Å². The first kappa shape index (κ1) is 51.0. The molecular weight excluding hydrogens is 167 g/mol. The molecule has 0 rings (SSSR count). The van der Waals surface area contributed by atoms with Crippen molar-refractivity contribution in [2.24, 2.45) is 0 Å². The molecule has 0 aliphatic rings. The van der Waals surface area contributed by atoms with Crippen LogP contribution >= 0.6 is 0 Å². The Morgan fingerprint density at radius 1 is 0.750 bits per heavy atom. The van der Waals surface area contributed by atoms with Crippen LogP contribution in [0.15, 0.2) is 0 Å². The Hall–Kier alpha value is 1.46. The van der Waals surface area contributed by atoms with Crippen LogP contribution in [0, 0.1) is 0 Å². The Labute approximate surface area is 55.8 Å². The Morgan fingerprint density at radius 2 is 0.750 bits per heavy atom. The second-order valence-electron chi connectivity index (χ2n) is 0. The third-order valence-corrected chi connectivity index (χ3v) is 0. The summed E-state index contributed by atoms with van der Waals surface area (Å²) in [5.74, 6) is 0. The van der Waals surface area contributed by atoms with Crippen molar-refractivity contribution < 1.29 is 33.9 Å². The molecule has 0 unspecified atom stereocenters. The van der Waals surface area contributed by atoms with E-state index in [4.69, 9.17) is 0 Å². The second kappa shape index (κ2) is 25.1. The van der Waals surface area contributed by atoms with Gasteiger partial charge in [0.25, 0.3) is 0 Å². The van der Waals surface area contributed by atoms with Gasteiger partial charge in [0.1, 0.15) is 0 Å². The van der Waals surface area contributed by atoms with Crippen molar-refractivity contribution in [3.63, 3.8) is 0 Å². The van der Waals surface area contributed by atoms with Crippen LogP contribution in [-0.2, 0) is 33.9 Å². The second-order valence-corrected chi connectivity index (χ2v) is 0. The fourth-order valence-electron chi connectivity index (χ4n) is 0. The fourth-order valence-corrected chi connectivity index (χ4v) is 0. The molecule has 0 fully saturated rings. The average Bonchev–Trinajstić information content (AvgIpc) is 0. The molecule has 0 nitrogen and oxygen atoms in total. The fraction of sp³-hybridized carbons (Fsp3) is 0. The summed E-state index contributed by atoms with van der Waals surface area (Å²) in [7, 11) is 0. The normalized spacial score (nSPS) is 0. The van der Waals surface area contributed by atoms with Gasteiger partial charge in [0.15, 0.2) is 0 Å². The summed E-state index contributed by atoms with van der Waals surface area (Å²) in [6.07, 6.45) is 0. The van der Waals surface area contributed by atoms with Gasteiger partial charge in [0, 0.05) is 33.9 Å². The number of hydrogen-bond acceptors (Lipinski definition) is 0. The minimum absolute atomic E-state index is 0. The van der Waals surface area contributed by atoms with E-state index in [9.17, 15) is 0 Å². The third-order valence-electron chi connectivity index (χ3n) is 0. The van der Waals surface area contributed by atoms with Crippen molar-refractivity contribution in [1.29, 1.82) is 0 Å². The summed E-state index contributed by atoms with van der Waals surface area (Å²) in [5.41, 5.74) is 0. The van der Waals surface area contributed by atoms with E-state index in [-0.39, 0.29) is 55.8 Å². The van der Waals surface area contributed by atoms with E-state index in [0.29, 0.717) is 0 Å². The molecular formula is H8CrNiSi2. The topological polar surface area (TPSA) is 0 Å². The van der Waals surface area contributed by atoms with Gasteiger partial charge in [-0.3, -0.25) is 0 Å². The maximum absolute atomic E-state index is 0. The van der Waals surface area contributed by atoms with Gasteiger partial charge in [0.2, 0.25) is 0 Å². The summed E-state index contributed by atoms with van der Waals surface area (Å²) >= 11 is 0. The molecule has 0 amide bonds. The van der Waals surface area contributed by atoms with Crippen LogP contribution in [0.4, 0.5) is 0 Å². The molecule has 0 aromatic rings. The van der Waals surface area contributed by atoms with Crippen molar-refractivity contribution in [2.75, 3.05) is 0 Å². The van der Waals surface area contributed by atoms with Crippen molar-refractivity contribution in [2.45, 2.75) is 0 Å². The zero-order chi connectivity index (χ0) is 0. The van der Waals surface area contributed by atoms with E-state index >= 15 is 0 Å². The first-order chi connectivity index (χ1) is 0. The van der Waals surface area contributed by atoms with E-state index in [0.717, 1.165) is 0 Å². The van der Waals surface area contributed by atoms with Gasteiger partial charge in [-0.1, -0.05) is 0 Å². The minimum atomic E-state index is 0. The first-order valence-electron chi connectivity index (χ1n) is 0. The molecule has 0 N–H and O–H groups in total. The SMILES string of the molecule is [Cr].[Ni].[SiH4].[SiH4]. The molecule has 0 aliphatic carbocycles. The minimum Gasteiger partial charge on any atom is -0.0149 e. The van der Waals surface area contributed by atoms with Crippen molar-refractivity contribution in [1.82, 2.24) is 0 Å². The third kappa shape index (κ3) is 9.82. The molecule has 0 heterocycles. The summed E-state index contributed by atoms with van der Waals surface area (Å²) < 4.78 is 0. The molecule has 0 saturated heterocycles. The van der Waals surface area contributed by atoms with Crippen LogP contribution in [0.1, 0.15) is 0 Å². The summed E-state index contributed by atoms with van der Waals surface area (Å²) in [4.78, 5) is 0. The molecule has 0 bridgehead atoms. The quantitative estimate of drug-likeness (QED) is 0.346. The van der Waals surface area contributed by atoms with Crippen LogP contribution in [0.2, 0.25) is 0 Å². The summed E-state index contributed by atoms with van der Waals surface area (Å²) in [6, 6.07) is 0. The molecule has 0 radical (unpaired) electrons. The molecule has 0 saturated carbocycles. The van der Waals surface area contributed by atoms with E-state index in [1.165, 1.54) is 0 Å². The van der Waals surface area contributed by atoms with Crippen LogP contribution in [0.3, 0.4) is 0 Å². The molecule has 0 spiro atoms. The monoisotopic (exact) mass is 174 g/mol. The first-order valence-corrected chi connectivity index (χ1v) is 0. The van der Waals surface area contributed by atoms with Crippen LogP contribution in [0.25, 0.3) is 0 Å². The molecule has 4 heteroatoms. The number of rotatable bonds is 0. The van der Waals surface area contributed by atoms with Crippen LogP contribution < -0.4 is 0 Å². The standard InChI is InChI=1S/Cr.Ni.2H4Si/h;;2*1H4. The van der Waals surface area contributed by atoms with Gasteiger partial charge in [-0.25, -0.2) is 0 Å². The van der Waals surface area contributed by atoms with Crippen molar-refractivity contribution in [3.05, 3.63) is 0 Å². The predicted molar refractivity (Wildman–Crippen MR) is 22.7 cm³/mol. The van der Waals surface area contributed by atoms with Gasteiger partial charge >= 0.3 is 0 Å². The van der Waals surface area contributed by atoms with Crippen LogP contribution in [-0.4, -0.2) is 21.9 Å². The van der Waals surface area contributed by atoms with Gasteiger partial charge in [0.05, 0.1) is 0 Å². The van der Waals surface area contributed by atoms with Gasteiger partial charge < -0.3 is 0 Å². The molecule has 4 heavy (non-hydrogen) atoms. The van der Waals surface area contributed by atoms with E-state index in [1.54, 1.807) is 0 Å². The summed E-state index contributed by atoms with van der Waals surface area (Å²) in [6.45, 7) is 0. The van der Waals surface area contributed by atoms with E-state index < -0.39 is 0 Å². The average molecular weight is 175 g/mol. The van der Waals surface area contributed by atoms with Gasteiger partial charge in [-0.2, -0.15) is 0 Å². The number of hydrogen-bond donors (Lipinski definition) is 0. The molecule has 0 aliphatic heterocycles. The maximum atomic E-state index is 0. The Bertz CT molecular complexity index is 6.00. The smallest absolute Gasteiger partial charge is 0 e. The molecule has 0 aromatic carbocycles. The Kier molecular flexibility index (Phi) is 319. The van der Waals surface area contributed by atoms with Crippen molar-refractivity contribution >= 4 is 21.9 Å². The molecule has 0 atom stereocenters. The van der Waals surface area contributed by atoms with Gasteiger partial charge in [-0.05, 0) is 21.9 Å². The predicted octanol–water partition coefficient (Wildman–Crippen LogP) is -2.91. The Balaban J connectivity index is 0. The van der Waals surface area contributed by atoms with Crippen molar-refractivity contribution in [3.8, 4) is 0 Å². The maximum Gasteiger partial charge on any atom is 0 e. The molecule has 0 aromatic heterocycles. The van der Waals surface area contributed by atoms with Gasteiger partial charge in [-0.15, -0.1) is 0 Å². The zero-order valence-corrected chi connectivity index (χ0v) is 2.99. The largest absolute Gasteiger partial charge is 0.0149 e.